The van der Waals surface area contributed by atoms with Gasteiger partial charge < -0.3 is 16.0 Å². The second-order valence-electron chi connectivity index (χ2n) is 7.56. The van der Waals surface area contributed by atoms with Crippen molar-refractivity contribution in [3.8, 4) is 0 Å². The molecule has 4 N–H and O–H groups in total. The lowest BCUT2D eigenvalue weighted by molar-refractivity contribution is 0.574. The van der Waals surface area contributed by atoms with Crippen LogP contribution in [0.1, 0.15) is 18.2 Å². The van der Waals surface area contributed by atoms with E-state index in [0.717, 1.165) is 24.4 Å². The molecule has 5 rings (SSSR count). The van der Waals surface area contributed by atoms with Gasteiger partial charge in [-0.3, -0.25) is 5.43 Å². The predicted octanol–water partition coefficient (Wildman–Crippen LogP) is 3.15. The van der Waals surface area contributed by atoms with Gasteiger partial charge in [-0.1, -0.05) is 54.6 Å². The summed E-state index contributed by atoms with van der Waals surface area (Å²) in [4.78, 5) is 0. The van der Waals surface area contributed by atoms with Gasteiger partial charge in [0.1, 0.15) is 6.17 Å². The smallest absolute Gasteiger partial charge is 0.154 e. The molecule has 0 bridgehead atoms. The Kier molecular flexibility index (Phi) is 4.78. The lowest BCUT2D eigenvalue weighted by atomic mass is 9.81. The Bertz CT molecular complexity index is 978. The van der Waals surface area contributed by atoms with Crippen LogP contribution in [0, 0.1) is 5.92 Å². The van der Waals surface area contributed by atoms with Crippen LogP contribution in [-0.2, 0) is 0 Å². The summed E-state index contributed by atoms with van der Waals surface area (Å²) in [5.41, 5.74) is 8.27. The summed E-state index contributed by atoms with van der Waals surface area (Å²) in [5.74, 6) is 1.24. The third-order valence-corrected chi connectivity index (χ3v) is 5.63. The van der Waals surface area contributed by atoms with Gasteiger partial charge in [-0.25, -0.2) is 0 Å². The molecule has 3 aliphatic heterocycles. The third-order valence-electron chi connectivity index (χ3n) is 5.63. The zero-order valence-corrected chi connectivity index (χ0v) is 16.2. The van der Waals surface area contributed by atoms with E-state index in [-0.39, 0.29) is 12.2 Å². The van der Waals surface area contributed by atoms with Gasteiger partial charge in [0.15, 0.2) is 5.84 Å². The van der Waals surface area contributed by atoms with Gasteiger partial charge in [-0.2, -0.15) is 5.10 Å². The highest BCUT2D eigenvalue weighted by Crippen LogP contribution is 2.33. The fourth-order valence-corrected chi connectivity index (χ4v) is 4.12. The van der Waals surface area contributed by atoms with Crippen LogP contribution < -0.4 is 21.4 Å². The van der Waals surface area contributed by atoms with E-state index in [1.807, 2.05) is 24.5 Å². The summed E-state index contributed by atoms with van der Waals surface area (Å²) in [6.07, 6.45) is 20.5. The monoisotopic (exact) mass is 383 g/mol. The van der Waals surface area contributed by atoms with Crippen molar-refractivity contribution in [2.45, 2.75) is 18.6 Å². The van der Waals surface area contributed by atoms with Gasteiger partial charge >= 0.3 is 0 Å². The number of hydrogen-bond acceptors (Lipinski definition) is 5. The Morgan fingerprint density at radius 1 is 1.03 bits per heavy atom. The van der Waals surface area contributed by atoms with Gasteiger partial charge in [0.05, 0.1) is 6.04 Å². The van der Waals surface area contributed by atoms with Crippen LogP contribution in [0.5, 0.6) is 0 Å². The summed E-state index contributed by atoms with van der Waals surface area (Å²) in [6.45, 7) is 0.881. The molecule has 3 atom stereocenters. The molecule has 3 heterocycles. The van der Waals surface area contributed by atoms with Crippen molar-refractivity contribution < 1.29 is 0 Å². The molecule has 0 saturated heterocycles. The number of hydrogen-bond donors (Lipinski definition) is 4. The molecule has 29 heavy (non-hydrogen) atoms. The summed E-state index contributed by atoms with van der Waals surface area (Å²) in [5, 5.41) is 14.9. The van der Waals surface area contributed by atoms with Crippen molar-refractivity contribution in [3.63, 3.8) is 0 Å². The van der Waals surface area contributed by atoms with Gasteiger partial charge in [-0.05, 0) is 53.8 Å². The van der Waals surface area contributed by atoms with Crippen LogP contribution in [0.2, 0.25) is 0 Å². The number of nitrogens with zero attached hydrogens (tertiary/aromatic N) is 1. The summed E-state index contributed by atoms with van der Waals surface area (Å²) in [7, 11) is 0. The van der Waals surface area contributed by atoms with Crippen LogP contribution in [0.4, 0.5) is 0 Å². The Morgan fingerprint density at radius 2 is 1.97 bits per heavy atom. The van der Waals surface area contributed by atoms with Gasteiger partial charge in [0, 0.05) is 18.0 Å². The molecule has 1 aromatic carbocycles. The van der Waals surface area contributed by atoms with Crippen molar-refractivity contribution in [3.05, 3.63) is 108 Å². The maximum Gasteiger partial charge on any atom is 0.154 e. The van der Waals surface area contributed by atoms with E-state index >= 15 is 0 Å². The molecule has 0 radical (unpaired) electrons. The number of dihydropyridines is 2. The molecule has 0 amide bonds. The van der Waals surface area contributed by atoms with Gasteiger partial charge in [0.2, 0.25) is 0 Å². The van der Waals surface area contributed by atoms with Crippen LogP contribution in [0.3, 0.4) is 0 Å². The normalized spacial score (nSPS) is 27.5. The summed E-state index contributed by atoms with van der Waals surface area (Å²) in [6, 6.07) is 10.6. The molecule has 146 valence electrons. The number of amidine groups is 1. The first-order chi connectivity index (χ1) is 14.4. The molecule has 0 fully saturated rings. The molecule has 3 unspecified atom stereocenters. The van der Waals surface area contributed by atoms with Crippen molar-refractivity contribution >= 4 is 5.84 Å². The zero-order valence-electron chi connectivity index (χ0n) is 16.2. The number of allylic oxidation sites excluding steroid dienone is 5. The quantitative estimate of drug-likeness (QED) is 0.645. The molecule has 5 nitrogen and oxygen atoms in total. The van der Waals surface area contributed by atoms with Crippen LogP contribution in [0.25, 0.3) is 0 Å². The third kappa shape index (κ3) is 3.76. The van der Waals surface area contributed by atoms with E-state index in [0.29, 0.717) is 5.92 Å². The molecular weight excluding hydrogens is 358 g/mol. The number of rotatable bonds is 4. The molecule has 1 aliphatic carbocycles. The molecule has 1 aromatic rings. The number of hydrazone groups is 1. The van der Waals surface area contributed by atoms with E-state index in [1.165, 1.54) is 16.7 Å². The Morgan fingerprint density at radius 3 is 2.76 bits per heavy atom. The lowest BCUT2D eigenvalue weighted by Crippen LogP contribution is -2.31. The zero-order chi connectivity index (χ0) is 19.5. The predicted molar refractivity (Wildman–Crippen MR) is 118 cm³/mol. The Labute approximate surface area is 171 Å². The fraction of sp³-hybridized carbons (Fsp3) is 0.208. The minimum Gasteiger partial charge on any atom is -0.387 e. The van der Waals surface area contributed by atoms with Crippen LogP contribution in [0.15, 0.2) is 107 Å². The van der Waals surface area contributed by atoms with Crippen molar-refractivity contribution in [1.29, 1.82) is 0 Å². The lowest BCUT2D eigenvalue weighted by Gasteiger charge is -2.28. The van der Waals surface area contributed by atoms with Crippen molar-refractivity contribution in [1.82, 2.24) is 21.4 Å². The number of nitrogens with one attached hydrogen (secondary N) is 4. The highest BCUT2D eigenvalue weighted by atomic mass is 15.4. The number of benzene rings is 1. The van der Waals surface area contributed by atoms with E-state index in [4.69, 9.17) is 0 Å². The van der Waals surface area contributed by atoms with E-state index in [2.05, 4.69) is 87.2 Å². The van der Waals surface area contributed by atoms with Crippen molar-refractivity contribution in [2.75, 3.05) is 6.54 Å². The first kappa shape index (κ1) is 17.6. The van der Waals surface area contributed by atoms with Gasteiger partial charge in [-0.15, -0.1) is 0 Å². The molecular formula is C24H25N5. The average Bonchev–Trinajstić information content (AvgIpc) is 3.31. The first-order valence-corrected chi connectivity index (χ1v) is 10.1. The topological polar surface area (TPSA) is 60.5 Å². The minimum atomic E-state index is -0.00190. The Balaban J connectivity index is 1.42. The van der Waals surface area contributed by atoms with E-state index < -0.39 is 0 Å². The van der Waals surface area contributed by atoms with Crippen molar-refractivity contribution in [2.24, 2.45) is 11.0 Å². The minimum absolute atomic E-state index is 0.00190. The molecule has 0 saturated carbocycles. The fourth-order valence-electron chi connectivity index (χ4n) is 4.12. The molecule has 0 aromatic heterocycles. The molecule has 4 aliphatic rings. The largest absolute Gasteiger partial charge is 0.387 e. The second-order valence-corrected chi connectivity index (χ2v) is 7.56. The second kappa shape index (κ2) is 7.87. The highest BCUT2D eigenvalue weighted by molar-refractivity contribution is 6.02. The molecule has 0 spiro atoms. The molecule has 5 heteroatoms. The maximum atomic E-state index is 4.62. The Hall–Kier alpha value is -3.47. The van der Waals surface area contributed by atoms with E-state index in [1.54, 1.807) is 0 Å². The van der Waals surface area contributed by atoms with Gasteiger partial charge in [0.25, 0.3) is 0 Å². The summed E-state index contributed by atoms with van der Waals surface area (Å²) >= 11 is 0. The maximum absolute atomic E-state index is 4.62. The van der Waals surface area contributed by atoms with Crippen LogP contribution in [-0.4, -0.2) is 18.4 Å². The standard InChI is InChI=1S/C24H25N5/c1-2-6-18(7-3-1)23-27-24(29-28-23)21-15-19(17-9-12-25-13-10-17)14-20(16-21)22-8-4-5-11-26-22/h1-12,15-16,19,22-23,25-26,28H,13-14H2,(H,27,29). The SMILES string of the molecule is C1=CNC(C2=CC(C3=NNC(c4ccccc4)N3)=CC(C3=CCNC=C3)C2)C=C1. The average molecular weight is 383 g/mol. The highest BCUT2D eigenvalue weighted by Gasteiger charge is 2.27. The summed E-state index contributed by atoms with van der Waals surface area (Å²) < 4.78 is 0. The van der Waals surface area contributed by atoms with E-state index in [9.17, 15) is 0 Å². The first-order valence-electron chi connectivity index (χ1n) is 10.1. The van der Waals surface area contributed by atoms with Crippen LogP contribution >= 0.6 is 0 Å².